The van der Waals surface area contributed by atoms with Gasteiger partial charge in [-0.1, -0.05) is 54.2 Å². The Labute approximate surface area is 174 Å². The molecule has 2 heterocycles. The molecule has 1 saturated heterocycles. The first kappa shape index (κ1) is 19.7. The Hall–Kier alpha value is -2.64. The molecule has 29 heavy (non-hydrogen) atoms. The number of rotatable bonds is 6. The van der Waals surface area contributed by atoms with Crippen LogP contribution in [0.4, 0.5) is 0 Å². The van der Waals surface area contributed by atoms with Crippen LogP contribution < -0.4 is 5.73 Å². The fourth-order valence-corrected chi connectivity index (χ4v) is 5.37. The summed E-state index contributed by atoms with van der Waals surface area (Å²) in [5.74, 6) is -0.138. The molecule has 150 valence electrons. The van der Waals surface area contributed by atoms with Crippen LogP contribution in [0.5, 0.6) is 0 Å². The van der Waals surface area contributed by atoms with Gasteiger partial charge in [0.15, 0.2) is 11.2 Å². The summed E-state index contributed by atoms with van der Waals surface area (Å²) in [6.45, 7) is 2.66. The number of aromatic amines is 1. The SMILES string of the molecule is C[C@H](c1ccccc1)[N+]1(C(=O)CSc2nc3ccccc3[nH]2)CCC[C@H]1C(N)=O. The number of carbonyl (C=O) groups excluding carboxylic acids is 2. The molecule has 3 N–H and O–H groups in total. The van der Waals surface area contributed by atoms with Crippen molar-refractivity contribution < 1.29 is 14.1 Å². The molecule has 3 aromatic rings. The number of fused-ring (bicyclic) bond motifs is 1. The number of primary amides is 1. The van der Waals surface area contributed by atoms with Gasteiger partial charge in [0.1, 0.15) is 11.8 Å². The van der Waals surface area contributed by atoms with E-state index in [1.54, 1.807) is 0 Å². The maximum absolute atomic E-state index is 13.6. The normalized spacial score (nSPS) is 22.6. The largest absolute Gasteiger partial charge is 0.364 e. The van der Waals surface area contributed by atoms with Crippen molar-refractivity contribution in [3.63, 3.8) is 0 Å². The predicted molar refractivity (Wildman–Crippen MR) is 114 cm³/mol. The van der Waals surface area contributed by atoms with Crippen molar-refractivity contribution in [3.05, 3.63) is 60.2 Å². The lowest BCUT2D eigenvalue weighted by atomic mass is 10.0. The Bertz CT molecular complexity index is 1000. The summed E-state index contributed by atoms with van der Waals surface area (Å²) in [5, 5.41) is 0.708. The van der Waals surface area contributed by atoms with Gasteiger partial charge in [0, 0.05) is 18.4 Å². The minimum atomic E-state index is -0.492. The van der Waals surface area contributed by atoms with E-state index in [2.05, 4.69) is 9.97 Å². The molecule has 2 aromatic carbocycles. The number of amides is 2. The molecule has 1 aliphatic heterocycles. The lowest BCUT2D eigenvalue weighted by Gasteiger charge is -2.41. The summed E-state index contributed by atoms with van der Waals surface area (Å²) < 4.78 is 0.0899. The van der Waals surface area contributed by atoms with Gasteiger partial charge in [0.2, 0.25) is 0 Å². The van der Waals surface area contributed by atoms with Crippen LogP contribution in [-0.2, 0) is 9.59 Å². The smallest absolute Gasteiger partial charge is 0.325 e. The first-order valence-corrected chi connectivity index (χ1v) is 10.8. The van der Waals surface area contributed by atoms with Crippen molar-refractivity contribution in [1.29, 1.82) is 0 Å². The van der Waals surface area contributed by atoms with Gasteiger partial charge in [0.25, 0.3) is 5.91 Å². The Morgan fingerprint density at radius 2 is 1.93 bits per heavy atom. The number of H-pyrrole nitrogens is 1. The summed E-state index contributed by atoms with van der Waals surface area (Å²) in [5.41, 5.74) is 8.62. The van der Waals surface area contributed by atoms with Crippen molar-refractivity contribution in [2.75, 3.05) is 12.3 Å². The lowest BCUT2D eigenvalue weighted by molar-refractivity contribution is -0.885. The van der Waals surface area contributed by atoms with Gasteiger partial charge >= 0.3 is 5.91 Å². The third-order valence-electron chi connectivity index (χ3n) is 6.03. The molecule has 3 atom stereocenters. The summed E-state index contributed by atoms with van der Waals surface area (Å²) in [4.78, 5) is 33.7. The van der Waals surface area contributed by atoms with E-state index in [1.807, 2.05) is 61.5 Å². The molecule has 0 aliphatic carbocycles. The summed E-state index contributed by atoms with van der Waals surface area (Å²) in [7, 11) is 0. The fraction of sp³-hybridized carbons (Fsp3) is 0.318. The lowest BCUT2D eigenvalue weighted by Crippen LogP contribution is -2.61. The second-order valence-electron chi connectivity index (χ2n) is 7.54. The highest BCUT2D eigenvalue weighted by Gasteiger charge is 2.54. The Balaban J connectivity index is 1.62. The van der Waals surface area contributed by atoms with E-state index in [4.69, 9.17) is 5.73 Å². The van der Waals surface area contributed by atoms with E-state index < -0.39 is 11.9 Å². The zero-order chi connectivity index (χ0) is 20.4. The third-order valence-corrected chi connectivity index (χ3v) is 6.89. The van der Waals surface area contributed by atoms with Crippen molar-refractivity contribution in [2.24, 2.45) is 5.73 Å². The van der Waals surface area contributed by atoms with E-state index in [0.29, 0.717) is 18.1 Å². The number of nitrogens with one attached hydrogen (secondary N) is 1. The number of thioether (sulfide) groups is 1. The van der Waals surface area contributed by atoms with Gasteiger partial charge < -0.3 is 10.7 Å². The zero-order valence-corrected chi connectivity index (χ0v) is 17.2. The van der Waals surface area contributed by atoms with Crippen molar-refractivity contribution in [3.8, 4) is 0 Å². The Morgan fingerprint density at radius 1 is 1.21 bits per heavy atom. The number of nitrogens with zero attached hydrogens (tertiary/aromatic N) is 2. The van der Waals surface area contributed by atoms with Crippen molar-refractivity contribution in [1.82, 2.24) is 9.97 Å². The van der Waals surface area contributed by atoms with Crippen molar-refractivity contribution in [2.45, 2.75) is 37.0 Å². The van der Waals surface area contributed by atoms with Crippen LogP contribution in [0.25, 0.3) is 11.0 Å². The van der Waals surface area contributed by atoms with Crippen LogP contribution in [0, 0.1) is 0 Å². The Kier molecular flexibility index (Phi) is 5.43. The molecule has 0 saturated carbocycles. The Morgan fingerprint density at radius 3 is 2.66 bits per heavy atom. The molecule has 2 amide bonds. The number of carbonyl (C=O) groups is 2. The quantitative estimate of drug-likeness (QED) is 0.482. The number of aromatic nitrogens is 2. The number of imidazole rings is 1. The number of nitrogens with two attached hydrogens (primary N) is 1. The van der Waals surface area contributed by atoms with E-state index in [0.717, 1.165) is 23.0 Å². The second-order valence-corrected chi connectivity index (χ2v) is 8.51. The number of quaternary nitrogens is 1. The highest BCUT2D eigenvalue weighted by Crippen LogP contribution is 2.39. The fourth-order valence-electron chi connectivity index (χ4n) is 4.53. The first-order valence-electron chi connectivity index (χ1n) is 9.85. The minimum absolute atomic E-state index is 0.0214. The molecule has 1 aliphatic rings. The number of benzene rings is 2. The van der Waals surface area contributed by atoms with Crippen LogP contribution in [0.2, 0.25) is 0 Å². The molecular weight excluding hydrogens is 384 g/mol. The van der Waals surface area contributed by atoms with Gasteiger partial charge in [-0.2, -0.15) is 0 Å². The molecule has 6 nitrogen and oxygen atoms in total. The molecule has 0 radical (unpaired) electrons. The number of likely N-dealkylation sites (tertiary alicyclic amines) is 1. The van der Waals surface area contributed by atoms with Crippen molar-refractivity contribution >= 4 is 34.6 Å². The molecule has 0 spiro atoms. The standard InChI is InChI=1S/C22H24N4O2S/c1-15(16-8-3-2-4-9-16)26(13-7-12-19(26)21(23)28)20(27)14-29-22-24-17-10-5-6-11-18(17)25-22/h2-6,8-11,15,19H,7,12-14H2,1H3,(H2-,23,24,25,28)/p+1/t15-,19+,26?/m1/s1. The third kappa shape index (κ3) is 3.56. The maximum Gasteiger partial charge on any atom is 0.325 e. The summed E-state index contributed by atoms with van der Waals surface area (Å²) >= 11 is 1.38. The van der Waals surface area contributed by atoms with E-state index in [9.17, 15) is 9.59 Å². The minimum Gasteiger partial charge on any atom is -0.364 e. The molecule has 1 aromatic heterocycles. The summed E-state index contributed by atoms with van der Waals surface area (Å²) in [6, 6.07) is 17.1. The molecule has 7 heteroatoms. The molecule has 1 unspecified atom stereocenters. The second kappa shape index (κ2) is 8.00. The number of para-hydroxylation sites is 2. The first-order chi connectivity index (χ1) is 14.0. The molecule has 1 fully saturated rings. The number of hydrogen-bond donors (Lipinski definition) is 2. The van der Waals surface area contributed by atoms with Crippen LogP contribution in [-0.4, -0.2) is 44.6 Å². The predicted octanol–water partition coefficient (Wildman–Crippen LogP) is 3.41. The summed E-state index contributed by atoms with van der Waals surface area (Å²) in [6.07, 6.45) is 1.46. The van der Waals surface area contributed by atoms with E-state index in [1.165, 1.54) is 11.8 Å². The van der Waals surface area contributed by atoms with E-state index in [-0.39, 0.29) is 22.2 Å². The van der Waals surface area contributed by atoms with Crippen LogP contribution in [0.15, 0.2) is 59.8 Å². The van der Waals surface area contributed by atoms with Gasteiger partial charge in [-0.3, -0.25) is 4.79 Å². The molecule has 0 bridgehead atoms. The van der Waals surface area contributed by atoms with Gasteiger partial charge in [-0.25, -0.2) is 14.3 Å². The molecule has 4 rings (SSSR count). The van der Waals surface area contributed by atoms with Crippen LogP contribution in [0.3, 0.4) is 0 Å². The highest BCUT2D eigenvalue weighted by molar-refractivity contribution is 7.99. The van der Waals surface area contributed by atoms with Gasteiger partial charge in [-0.05, 0) is 19.1 Å². The average molecular weight is 410 g/mol. The maximum atomic E-state index is 13.6. The number of hydrogen-bond acceptors (Lipinski definition) is 4. The van der Waals surface area contributed by atoms with E-state index >= 15 is 0 Å². The van der Waals surface area contributed by atoms with Gasteiger partial charge in [-0.15, -0.1) is 0 Å². The monoisotopic (exact) mass is 409 g/mol. The average Bonchev–Trinajstić information content (AvgIpc) is 3.37. The topological polar surface area (TPSA) is 88.8 Å². The highest BCUT2D eigenvalue weighted by atomic mass is 32.2. The van der Waals surface area contributed by atoms with Crippen LogP contribution in [0.1, 0.15) is 31.4 Å². The van der Waals surface area contributed by atoms with Crippen LogP contribution >= 0.6 is 11.8 Å². The molecular formula is C22H25N4O2S+. The zero-order valence-electron chi connectivity index (χ0n) is 16.4. The van der Waals surface area contributed by atoms with Gasteiger partial charge in [0.05, 0.1) is 17.6 Å².